The van der Waals surface area contributed by atoms with Crippen molar-refractivity contribution in [1.82, 2.24) is 0 Å². The van der Waals surface area contributed by atoms with Crippen molar-refractivity contribution in [2.24, 2.45) is 11.3 Å². The molecule has 0 bridgehead atoms. The molecular weight excluding hydrogens is 758 g/mol. The van der Waals surface area contributed by atoms with E-state index in [-0.39, 0.29) is 90.5 Å². The number of carbonyl (C=O) groups is 2. The number of hydrogen-bond donors (Lipinski definition) is 1. The monoisotopic (exact) mass is 803 g/mol. The molecule has 4 aromatic carbocycles. The first-order valence-electron chi connectivity index (χ1n) is 18.2. The molecule has 0 heterocycles. The molecule has 0 fully saturated rings. The summed E-state index contributed by atoms with van der Waals surface area (Å²) >= 11 is 9.04. The zero-order valence-corrected chi connectivity index (χ0v) is 42.7. The molecule has 54 heavy (non-hydrogen) atoms. The van der Waals surface area contributed by atoms with Gasteiger partial charge in [0.05, 0.1) is 16.0 Å². The molecule has 0 saturated heterocycles. The number of hydrogen-bond acceptors (Lipinski definition) is 5. The fraction of sp³-hybridized carbons (Fsp3) is 0.333. The first-order chi connectivity index (χ1) is 24.7. The fourth-order valence-electron chi connectivity index (χ4n) is 6.70. The van der Waals surface area contributed by atoms with E-state index in [1.54, 1.807) is 12.1 Å². The molecule has 0 radical (unpaired) electrons. The predicted molar refractivity (Wildman–Crippen MR) is 215 cm³/mol. The Balaban J connectivity index is 0.00000298. The Bertz CT molecular complexity index is 1990. The third-order valence-electron chi connectivity index (χ3n) is 9.80. The number of Topliss-reactive ketones (excluding diaryl/α,β-unsaturated/α-hetero) is 1. The van der Waals surface area contributed by atoms with Gasteiger partial charge < -0.3 is 11.3 Å². The molecule has 1 N–H and O–H groups in total. The average Bonchev–Trinajstić information content (AvgIpc) is 3.11. The van der Waals surface area contributed by atoms with Gasteiger partial charge >= 0.3 is 103 Å². The van der Waals surface area contributed by atoms with Crippen molar-refractivity contribution < 1.29 is 83.1 Å². The number of allylic oxidation sites excluding steroid dienone is 2. The van der Waals surface area contributed by atoms with E-state index in [4.69, 9.17) is 11.6 Å². The summed E-state index contributed by atoms with van der Waals surface area (Å²) in [6.07, 6.45) is 6.00. The Kier molecular flexibility index (Phi) is 21.8. The number of benzene rings is 4. The van der Waals surface area contributed by atoms with Crippen molar-refractivity contribution >= 4 is 88.3 Å². The van der Waals surface area contributed by atoms with Gasteiger partial charge in [-0.3, -0.25) is 9.59 Å². The van der Waals surface area contributed by atoms with Crippen molar-refractivity contribution in [2.45, 2.75) is 72.1 Å². The van der Waals surface area contributed by atoms with Crippen LogP contribution in [-0.4, -0.2) is 74.0 Å². The van der Waals surface area contributed by atoms with E-state index in [2.05, 4.69) is 44.3 Å². The molecule has 0 unspecified atom stereocenters. The number of aryl methyl sites for hydroxylation is 1. The third kappa shape index (κ3) is 15.3. The van der Waals surface area contributed by atoms with Crippen LogP contribution in [-0.2, 0) is 21.3 Å². The van der Waals surface area contributed by atoms with Crippen LogP contribution in [0.15, 0.2) is 97.1 Å². The molecule has 0 aliphatic heterocycles. The number of amides is 1. The number of nitrogens with one attached hydrogen (secondary N) is 1. The van der Waals surface area contributed by atoms with Crippen LogP contribution in [0.1, 0.15) is 92.8 Å². The van der Waals surface area contributed by atoms with Crippen LogP contribution in [0.4, 0.5) is 5.69 Å². The Morgan fingerprint density at radius 1 is 0.926 bits per heavy atom. The van der Waals surface area contributed by atoms with Crippen molar-refractivity contribution in [3.8, 4) is 11.1 Å². The van der Waals surface area contributed by atoms with E-state index in [0.29, 0.717) is 28.6 Å². The second-order valence-electron chi connectivity index (χ2n) is 14.5. The summed E-state index contributed by atoms with van der Waals surface area (Å²) in [4.78, 5) is 26.6. The van der Waals surface area contributed by atoms with Crippen molar-refractivity contribution in [3.63, 3.8) is 0 Å². The van der Waals surface area contributed by atoms with Gasteiger partial charge in [0.1, 0.15) is 0 Å². The molecule has 1 aliphatic rings. The van der Waals surface area contributed by atoms with Gasteiger partial charge in [0.2, 0.25) is 5.91 Å². The molecule has 12 heteroatoms. The van der Waals surface area contributed by atoms with E-state index in [9.17, 15) is 22.6 Å². The van der Waals surface area contributed by atoms with E-state index in [1.807, 2.05) is 73.7 Å². The van der Waals surface area contributed by atoms with Crippen LogP contribution in [0, 0.1) is 18.3 Å². The first kappa shape index (κ1) is 50.1. The number of ketones is 1. The Labute approximate surface area is 401 Å². The van der Waals surface area contributed by atoms with Gasteiger partial charge in [0.25, 0.3) is 0 Å². The summed E-state index contributed by atoms with van der Waals surface area (Å²) in [5.41, 5.74) is 8.88. The minimum atomic E-state index is -4.36. The zero-order chi connectivity index (χ0) is 38.1. The van der Waals surface area contributed by atoms with Gasteiger partial charge in [-0.2, -0.15) is 0 Å². The van der Waals surface area contributed by atoms with E-state index < -0.39 is 21.8 Å². The molecule has 266 valence electrons. The van der Waals surface area contributed by atoms with Crippen molar-refractivity contribution in [1.29, 1.82) is 0 Å². The number of carbonyl (C=O) groups excluding carboxylic acids is 2. The third-order valence-corrected chi connectivity index (χ3v) is 10.8. The quantitative estimate of drug-likeness (QED) is 0.135. The number of halogens is 1. The summed E-state index contributed by atoms with van der Waals surface area (Å²) in [5.74, 6) is -0.773. The van der Waals surface area contributed by atoms with Crippen LogP contribution in [0.5, 0.6) is 0 Å². The molecule has 1 aliphatic carbocycles. The molecule has 0 spiro atoms. The second kappa shape index (κ2) is 23.5. The van der Waals surface area contributed by atoms with E-state index in [1.165, 1.54) is 54.8 Å². The van der Waals surface area contributed by atoms with Crippen molar-refractivity contribution in [2.75, 3.05) is 11.1 Å². The minimum absolute atomic E-state index is 0. The molecule has 6 nitrogen and oxygen atoms in total. The maximum absolute atomic E-state index is 14.0. The summed E-state index contributed by atoms with van der Waals surface area (Å²) in [6.45, 7) is 8.94. The SMILES string of the molecule is Cc1cc(Cl)ccc1-c1ccc(NC(=O)[C@@H](Cc2ccc(C(=O)CCCS(=O)(=O)[O-])cc2)c2ccc(C3=CC[C@@H](C(C)(C)C)CC3)cc2)cc1.[H-].[Na+].[Na+].[Na][Na]. The average molecular weight is 804 g/mol. The second-order valence-corrected chi connectivity index (χ2v) is 16.4. The zero-order valence-electron chi connectivity index (χ0n) is 34.2. The van der Waals surface area contributed by atoms with Crippen LogP contribution in [0.25, 0.3) is 16.7 Å². The molecule has 1 amide bonds. The van der Waals surface area contributed by atoms with Gasteiger partial charge in [0, 0.05) is 28.4 Å². The van der Waals surface area contributed by atoms with Crippen LogP contribution in [0.2, 0.25) is 5.02 Å². The standard InChI is InChI=1S/C42H46ClNO5S.4Na.H/c1-28-26-36(43)21-24-38(28)32-17-22-37(23-18-32)44-41(46)39(27-29-7-9-34(10-8-29)40(45)6-5-25-50(47,48)49)33-13-11-30(12-14-33)31-15-19-35(20-16-31)42(2,3)4;;;;;/h7-15,17-18,21-24,26,35,39H,5-6,16,19-20,25,27H2,1-4H3,(H,44,46)(H,47,48,49);;;;;/q;;;2*+1;-1/p-1/t35-,39+;;;;;/m1...../s1. The topological polar surface area (TPSA) is 103 Å². The van der Waals surface area contributed by atoms with Crippen LogP contribution >= 0.6 is 11.6 Å². The normalized spacial score (nSPS) is 14.6. The molecule has 2 atom stereocenters. The summed E-state index contributed by atoms with van der Waals surface area (Å²) in [5, 5.41) is 3.81. The van der Waals surface area contributed by atoms with Crippen LogP contribution in [0.3, 0.4) is 0 Å². The molecular formula is C42H46ClNNa4O5S. The van der Waals surface area contributed by atoms with E-state index in [0.717, 1.165) is 47.1 Å². The first-order valence-corrected chi connectivity index (χ1v) is 28.1. The Morgan fingerprint density at radius 3 is 2.07 bits per heavy atom. The summed E-state index contributed by atoms with van der Waals surface area (Å²) < 4.78 is 32.8. The van der Waals surface area contributed by atoms with Gasteiger partial charge in [-0.05, 0) is 114 Å². The fourth-order valence-corrected chi connectivity index (χ4v) is 7.43. The van der Waals surface area contributed by atoms with Gasteiger partial charge in [-0.1, -0.05) is 105 Å². The molecule has 4 aromatic rings. The molecule has 5 rings (SSSR count). The van der Waals surface area contributed by atoms with Gasteiger partial charge in [-0.25, -0.2) is 8.42 Å². The van der Waals surface area contributed by atoms with E-state index >= 15 is 0 Å². The maximum atomic E-state index is 14.0. The summed E-state index contributed by atoms with van der Waals surface area (Å²) in [7, 11) is -4.36. The van der Waals surface area contributed by atoms with Gasteiger partial charge in [0.15, 0.2) is 5.78 Å². The van der Waals surface area contributed by atoms with Crippen molar-refractivity contribution in [3.05, 3.63) is 130 Å². The number of anilines is 1. The number of rotatable bonds is 12. The predicted octanol–water partition coefficient (Wildman–Crippen LogP) is 3.38. The Morgan fingerprint density at radius 2 is 1.54 bits per heavy atom. The van der Waals surface area contributed by atoms with Crippen LogP contribution < -0.4 is 64.4 Å². The van der Waals surface area contributed by atoms with Gasteiger partial charge in [-0.15, -0.1) is 0 Å². The summed E-state index contributed by atoms with van der Waals surface area (Å²) in [6, 6.07) is 28.9. The molecule has 0 saturated carbocycles. The Hall–Kier alpha value is -0.0400. The molecule has 0 aromatic heterocycles.